The van der Waals surface area contributed by atoms with Gasteiger partial charge in [-0.15, -0.1) is 0 Å². The van der Waals surface area contributed by atoms with Gasteiger partial charge in [-0.1, -0.05) is 23.5 Å². The van der Waals surface area contributed by atoms with Gasteiger partial charge in [-0.3, -0.25) is 4.79 Å². The SMILES string of the molecule is CCOc1ccc(CC(=O)Nc2ncc(C#N)s2)cc1. The Balaban J connectivity index is 1.92. The van der Waals surface area contributed by atoms with Gasteiger partial charge in [0.25, 0.3) is 0 Å². The number of hydrogen-bond donors (Lipinski definition) is 1. The fourth-order valence-corrected chi connectivity index (χ4v) is 2.23. The second kappa shape index (κ2) is 6.68. The molecule has 0 atom stereocenters. The maximum absolute atomic E-state index is 11.8. The van der Waals surface area contributed by atoms with E-state index in [0.29, 0.717) is 16.6 Å². The molecule has 0 saturated heterocycles. The van der Waals surface area contributed by atoms with Crippen molar-refractivity contribution in [1.29, 1.82) is 5.26 Å². The number of aromatic nitrogens is 1. The first-order valence-electron chi connectivity index (χ1n) is 6.08. The van der Waals surface area contributed by atoms with E-state index >= 15 is 0 Å². The fourth-order valence-electron chi connectivity index (χ4n) is 1.60. The van der Waals surface area contributed by atoms with Crippen LogP contribution in [0.2, 0.25) is 0 Å². The average molecular weight is 287 g/mol. The van der Waals surface area contributed by atoms with E-state index in [1.807, 2.05) is 37.3 Å². The molecule has 5 nitrogen and oxygen atoms in total. The van der Waals surface area contributed by atoms with Gasteiger partial charge in [0, 0.05) is 0 Å². The summed E-state index contributed by atoms with van der Waals surface area (Å²) in [5.74, 6) is 0.628. The zero-order chi connectivity index (χ0) is 14.4. The number of amides is 1. The number of ether oxygens (including phenoxy) is 1. The summed E-state index contributed by atoms with van der Waals surface area (Å²) in [6.45, 7) is 2.54. The Kier molecular flexibility index (Phi) is 4.69. The normalized spacial score (nSPS) is 9.80. The Bertz CT molecular complexity index is 629. The van der Waals surface area contributed by atoms with Crippen molar-refractivity contribution in [1.82, 2.24) is 4.98 Å². The van der Waals surface area contributed by atoms with Crippen molar-refractivity contribution in [3.8, 4) is 11.8 Å². The van der Waals surface area contributed by atoms with Gasteiger partial charge in [0.1, 0.15) is 16.7 Å². The first-order valence-corrected chi connectivity index (χ1v) is 6.90. The quantitative estimate of drug-likeness (QED) is 0.917. The molecule has 2 rings (SSSR count). The molecule has 102 valence electrons. The third-order valence-corrected chi connectivity index (χ3v) is 3.28. The van der Waals surface area contributed by atoms with Crippen molar-refractivity contribution < 1.29 is 9.53 Å². The summed E-state index contributed by atoms with van der Waals surface area (Å²) < 4.78 is 5.34. The lowest BCUT2D eigenvalue weighted by molar-refractivity contribution is -0.115. The van der Waals surface area contributed by atoms with Crippen molar-refractivity contribution in [3.05, 3.63) is 40.9 Å². The van der Waals surface area contributed by atoms with Crippen LogP contribution in [0.15, 0.2) is 30.5 Å². The van der Waals surface area contributed by atoms with E-state index in [-0.39, 0.29) is 12.3 Å². The lowest BCUT2D eigenvalue weighted by Crippen LogP contribution is -2.14. The molecular formula is C14H13N3O2S. The van der Waals surface area contributed by atoms with Crippen LogP contribution in [0.3, 0.4) is 0 Å². The number of rotatable bonds is 5. The van der Waals surface area contributed by atoms with Gasteiger partial charge in [-0.2, -0.15) is 5.26 Å². The molecule has 0 aliphatic carbocycles. The van der Waals surface area contributed by atoms with Crippen molar-refractivity contribution in [2.75, 3.05) is 11.9 Å². The molecule has 0 saturated carbocycles. The minimum Gasteiger partial charge on any atom is -0.494 e. The molecule has 0 bridgehead atoms. The minimum atomic E-state index is -0.159. The van der Waals surface area contributed by atoms with Gasteiger partial charge in [-0.05, 0) is 24.6 Å². The second-order valence-corrected chi connectivity index (χ2v) is 4.97. The Labute approximate surface area is 120 Å². The maximum Gasteiger partial charge on any atom is 0.230 e. The van der Waals surface area contributed by atoms with Crippen LogP contribution in [0, 0.1) is 11.3 Å². The minimum absolute atomic E-state index is 0.159. The predicted octanol–water partition coefficient (Wildman–Crippen LogP) is 2.59. The largest absolute Gasteiger partial charge is 0.494 e. The summed E-state index contributed by atoms with van der Waals surface area (Å²) >= 11 is 1.16. The average Bonchev–Trinajstić information content (AvgIpc) is 2.89. The summed E-state index contributed by atoms with van der Waals surface area (Å²) in [5, 5.41) is 11.8. The van der Waals surface area contributed by atoms with E-state index in [9.17, 15) is 4.79 Å². The molecule has 1 amide bonds. The lowest BCUT2D eigenvalue weighted by atomic mass is 10.1. The van der Waals surface area contributed by atoms with Crippen molar-refractivity contribution in [2.24, 2.45) is 0 Å². The van der Waals surface area contributed by atoms with E-state index in [0.717, 1.165) is 22.6 Å². The highest BCUT2D eigenvalue weighted by Gasteiger charge is 2.07. The van der Waals surface area contributed by atoms with E-state index in [4.69, 9.17) is 10.00 Å². The molecule has 0 aliphatic heterocycles. The summed E-state index contributed by atoms with van der Waals surface area (Å²) in [4.78, 5) is 16.3. The van der Waals surface area contributed by atoms with Crippen LogP contribution >= 0.6 is 11.3 Å². The molecule has 1 N–H and O–H groups in total. The number of carbonyl (C=O) groups excluding carboxylic acids is 1. The molecule has 0 spiro atoms. The Hall–Kier alpha value is -2.39. The number of nitrogens with zero attached hydrogens (tertiary/aromatic N) is 2. The summed E-state index contributed by atoms with van der Waals surface area (Å²) in [7, 11) is 0. The maximum atomic E-state index is 11.8. The van der Waals surface area contributed by atoms with E-state index in [2.05, 4.69) is 10.3 Å². The van der Waals surface area contributed by atoms with Gasteiger partial charge in [-0.25, -0.2) is 4.98 Å². The summed E-state index contributed by atoms with van der Waals surface area (Å²) in [6, 6.07) is 9.36. The molecule has 6 heteroatoms. The van der Waals surface area contributed by atoms with Crippen molar-refractivity contribution in [3.63, 3.8) is 0 Å². The van der Waals surface area contributed by atoms with E-state index in [1.165, 1.54) is 6.20 Å². The monoisotopic (exact) mass is 287 g/mol. The highest BCUT2D eigenvalue weighted by atomic mass is 32.1. The van der Waals surface area contributed by atoms with Crippen molar-refractivity contribution >= 4 is 22.4 Å². The Morgan fingerprint density at radius 1 is 1.45 bits per heavy atom. The molecule has 0 unspecified atom stereocenters. The number of anilines is 1. The van der Waals surface area contributed by atoms with Crippen LogP contribution in [0.4, 0.5) is 5.13 Å². The van der Waals surface area contributed by atoms with Crippen LogP contribution in [0.5, 0.6) is 5.75 Å². The van der Waals surface area contributed by atoms with Crippen LogP contribution in [0.1, 0.15) is 17.4 Å². The summed E-state index contributed by atoms with van der Waals surface area (Å²) in [6.07, 6.45) is 1.70. The highest BCUT2D eigenvalue weighted by Crippen LogP contribution is 2.17. The smallest absolute Gasteiger partial charge is 0.230 e. The molecular weight excluding hydrogens is 274 g/mol. The van der Waals surface area contributed by atoms with Gasteiger partial charge < -0.3 is 10.1 Å². The molecule has 1 heterocycles. The molecule has 2 aromatic rings. The number of benzene rings is 1. The van der Waals surface area contributed by atoms with Gasteiger partial charge in [0.2, 0.25) is 5.91 Å². The number of thiazole rings is 1. The van der Waals surface area contributed by atoms with E-state index in [1.54, 1.807) is 0 Å². The van der Waals surface area contributed by atoms with Crippen LogP contribution in [-0.4, -0.2) is 17.5 Å². The Morgan fingerprint density at radius 2 is 2.20 bits per heavy atom. The molecule has 1 aromatic carbocycles. The Morgan fingerprint density at radius 3 is 2.80 bits per heavy atom. The third kappa shape index (κ3) is 3.80. The topological polar surface area (TPSA) is 75.0 Å². The molecule has 1 aromatic heterocycles. The highest BCUT2D eigenvalue weighted by molar-refractivity contribution is 7.16. The second-order valence-electron chi connectivity index (χ2n) is 3.94. The number of nitriles is 1. The number of nitrogens with one attached hydrogen (secondary N) is 1. The number of hydrogen-bond acceptors (Lipinski definition) is 5. The molecule has 0 fully saturated rings. The zero-order valence-corrected chi connectivity index (χ0v) is 11.7. The van der Waals surface area contributed by atoms with Crippen molar-refractivity contribution in [2.45, 2.75) is 13.3 Å². The van der Waals surface area contributed by atoms with Gasteiger partial charge in [0.15, 0.2) is 5.13 Å². The van der Waals surface area contributed by atoms with Gasteiger partial charge >= 0.3 is 0 Å². The van der Waals surface area contributed by atoms with Crippen LogP contribution in [-0.2, 0) is 11.2 Å². The first kappa shape index (κ1) is 14.0. The molecule has 0 aliphatic rings. The molecule has 20 heavy (non-hydrogen) atoms. The zero-order valence-electron chi connectivity index (χ0n) is 10.9. The fraction of sp³-hybridized carbons (Fsp3) is 0.214. The first-order chi connectivity index (χ1) is 9.71. The van der Waals surface area contributed by atoms with E-state index < -0.39 is 0 Å². The molecule has 0 radical (unpaired) electrons. The van der Waals surface area contributed by atoms with Crippen LogP contribution < -0.4 is 10.1 Å². The third-order valence-electron chi connectivity index (χ3n) is 2.46. The lowest BCUT2D eigenvalue weighted by Gasteiger charge is -2.05. The number of carbonyl (C=O) groups is 1. The summed E-state index contributed by atoms with van der Waals surface area (Å²) in [5.41, 5.74) is 0.892. The standard InChI is InChI=1S/C14H13N3O2S/c1-2-19-11-5-3-10(4-6-11)7-13(18)17-14-16-9-12(8-15)20-14/h3-6,9H,2,7H2,1H3,(H,16,17,18). The van der Waals surface area contributed by atoms with Gasteiger partial charge in [0.05, 0.1) is 19.2 Å². The van der Waals surface area contributed by atoms with Crippen LogP contribution in [0.25, 0.3) is 0 Å². The predicted molar refractivity (Wildman–Crippen MR) is 76.8 cm³/mol.